The van der Waals surface area contributed by atoms with Crippen LogP contribution in [0.4, 0.5) is 10.1 Å². The van der Waals surface area contributed by atoms with Crippen LogP contribution in [-0.4, -0.2) is 23.3 Å². The van der Waals surface area contributed by atoms with Gasteiger partial charge in [0.25, 0.3) is 0 Å². The van der Waals surface area contributed by atoms with E-state index < -0.39 is 0 Å². The minimum absolute atomic E-state index is 0.242. The van der Waals surface area contributed by atoms with Crippen LogP contribution in [0.25, 0.3) is 0 Å². The van der Waals surface area contributed by atoms with Crippen LogP contribution in [-0.2, 0) is 0 Å². The van der Waals surface area contributed by atoms with Crippen LogP contribution in [0.15, 0.2) is 54.6 Å². The molecule has 1 fully saturated rings. The van der Waals surface area contributed by atoms with Gasteiger partial charge in [-0.2, -0.15) is 0 Å². The predicted octanol–water partition coefficient (Wildman–Crippen LogP) is 3.50. The van der Waals surface area contributed by atoms with Crippen molar-refractivity contribution in [2.75, 3.05) is 18.2 Å². The molecule has 3 rings (SSSR count). The molecule has 0 bridgehead atoms. The first-order valence-corrected chi connectivity index (χ1v) is 7.66. The summed E-state index contributed by atoms with van der Waals surface area (Å²) < 4.78 is 13.1. The van der Waals surface area contributed by atoms with Gasteiger partial charge in [-0.05, 0) is 49.0 Å². The zero-order valence-electron chi connectivity index (χ0n) is 12.4. The minimum Gasteiger partial charge on any atom is -0.349 e. The van der Waals surface area contributed by atoms with E-state index in [2.05, 4.69) is 29.3 Å². The van der Waals surface area contributed by atoms with Gasteiger partial charge in [0.15, 0.2) is 5.11 Å². The lowest BCUT2D eigenvalue weighted by Crippen LogP contribution is -2.56. The lowest BCUT2D eigenvalue weighted by Gasteiger charge is -2.41. The van der Waals surface area contributed by atoms with Gasteiger partial charge >= 0.3 is 0 Å². The van der Waals surface area contributed by atoms with E-state index in [0.717, 1.165) is 5.69 Å². The molecule has 0 saturated carbocycles. The van der Waals surface area contributed by atoms with Gasteiger partial charge in [-0.25, -0.2) is 4.39 Å². The third-order valence-electron chi connectivity index (χ3n) is 3.97. The number of halogens is 1. The maximum Gasteiger partial charge on any atom is 0.175 e. The number of thiocarbonyl (C=S) groups is 1. The van der Waals surface area contributed by atoms with E-state index in [1.807, 2.05) is 23.1 Å². The summed E-state index contributed by atoms with van der Waals surface area (Å²) in [7, 11) is 0. The Bertz CT molecular complexity index is 645. The Hall–Kier alpha value is -1.98. The van der Waals surface area contributed by atoms with E-state index in [1.165, 1.54) is 17.7 Å². The summed E-state index contributed by atoms with van der Waals surface area (Å²) in [5, 5.41) is 3.91. The summed E-state index contributed by atoms with van der Waals surface area (Å²) in [5.41, 5.74) is 2.15. The summed E-state index contributed by atoms with van der Waals surface area (Å²) >= 11 is 5.39. The highest BCUT2D eigenvalue weighted by atomic mass is 32.1. The molecular formula is C17H18FN3S. The van der Waals surface area contributed by atoms with Crippen molar-refractivity contribution in [2.45, 2.75) is 13.0 Å². The van der Waals surface area contributed by atoms with Crippen molar-refractivity contribution in [3.63, 3.8) is 0 Å². The van der Waals surface area contributed by atoms with Gasteiger partial charge in [-0.15, -0.1) is 0 Å². The van der Waals surface area contributed by atoms with Crippen molar-refractivity contribution in [1.82, 2.24) is 10.2 Å². The molecular weight excluding hydrogens is 297 g/mol. The molecule has 1 atom stereocenters. The lowest BCUT2D eigenvalue weighted by molar-refractivity contribution is 0.200. The van der Waals surface area contributed by atoms with E-state index in [9.17, 15) is 4.39 Å². The first-order valence-electron chi connectivity index (χ1n) is 7.25. The van der Waals surface area contributed by atoms with E-state index in [0.29, 0.717) is 18.4 Å². The van der Waals surface area contributed by atoms with Crippen molar-refractivity contribution in [1.29, 1.82) is 0 Å². The SMILES string of the molecule is CC(c1ccccc1)N1CNC(=S)N(c2ccc(F)cc2)C1. The van der Waals surface area contributed by atoms with Gasteiger partial charge < -0.3 is 10.2 Å². The third-order valence-corrected chi connectivity index (χ3v) is 4.33. The molecule has 114 valence electrons. The second kappa shape index (κ2) is 6.42. The van der Waals surface area contributed by atoms with Gasteiger partial charge in [0, 0.05) is 11.7 Å². The number of hydrogen-bond donors (Lipinski definition) is 1. The Morgan fingerprint density at radius 3 is 2.45 bits per heavy atom. The van der Waals surface area contributed by atoms with Crippen LogP contribution in [0, 0.1) is 5.82 Å². The largest absolute Gasteiger partial charge is 0.349 e. The number of nitrogens with zero attached hydrogens (tertiary/aromatic N) is 2. The van der Waals surface area contributed by atoms with Crippen LogP contribution in [0.3, 0.4) is 0 Å². The highest BCUT2D eigenvalue weighted by molar-refractivity contribution is 7.80. The Labute approximate surface area is 135 Å². The molecule has 2 aromatic carbocycles. The second-order valence-corrected chi connectivity index (χ2v) is 5.75. The van der Waals surface area contributed by atoms with Gasteiger partial charge in [0.2, 0.25) is 0 Å². The highest BCUT2D eigenvalue weighted by Gasteiger charge is 2.25. The van der Waals surface area contributed by atoms with Crippen molar-refractivity contribution in [3.8, 4) is 0 Å². The Morgan fingerprint density at radius 2 is 1.77 bits per heavy atom. The van der Waals surface area contributed by atoms with Gasteiger partial charge in [0.05, 0.1) is 13.3 Å². The van der Waals surface area contributed by atoms with Crippen molar-refractivity contribution >= 4 is 23.0 Å². The summed E-state index contributed by atoms with van der Waals surface area (Å²) in [6.45, 7) is 3.55. The topological polar surface area (TPSA) is 18.5 Å². The average Bonchev–Trinajstić information content (AvgIpc) is 2.56. The maximum absolute atomic E-state index is 13.1. The molecule has 22 heavy (non-hydrogen) atoms. The second-order valence-electron chi connectivity index (χ2n) is 5.36. The minimum atomic E-state index is -0.242. The molecule has 1 aliphatic rings. The monoisotopic (exact) mass is 315 g/mol. The first-order chi connectivity index (χ1) is 10.6. The smallest absolute Gasteiger partial charge is 0.175 e. The van der Waals surface area contributed by atoms with Crippen LogP contribution < -0.4 is 10.2 Å². The molecule has 1 aliphatic heterocycles. The molecule has 1 saturated heterocycles. The number of anilines is 1. The zero-order chi connectivity index (χ0) is 15.5. The summed E-state index contributed by atoms with van der Waals surface area (Å²) in [5.74, 6) is -0.242. The molecule has 2 aromatic rings. The van der Waals surface area contributed by atoms with E-state index >= 15 is 0 Å². The molecule has 5 heteroatoms. The Morgan fingerprint density at radius 1 is 1.09 bits per heavy atom. The number of nitrogens with one attached hydrogen (secondary N) is 1. The molecule has 1 heterocycles. The lowest BCUT2D eigenvalue weighted by atomic mass is 10.1. The zero-order valence-corrected chi connectivity index (χ0v) is 13.2. The fourth-order valence-electron chi connectivity index (χ4n) is 2.58. The normalized spacial score (nSPS) is 17.2. The molecule has 1 N–H and O–H groups in total. The fraction of sp³-hybridized carbons (Fsp3) is 0.235. The fourth-order valence-corrected chi connectivity index (χ4v) is 2.81. The molecule has 0 spiro atoms. The molecule has 0 amide bonds. The number of hydrogen-bond acceptors (Lipinski definition) is 2. The average molecular weight is 315 g/mol. The van der Waals surface area contributed by atoms with Crippen molar-refractivity contribution < 1.29 is 4.39 Å². The Balaban J connectivity index is 1.78. The predicted molar refractivity (Wildman–Crippen MR) is 91.0 cm³/mol. The molecule has 1 unspecified atom stereocenters. The van der Waals surface area contributed by atoms with Gasteiger partial charge in [-0.3, -0.25) is 4.90 Å². The maximum atomic E-state index is 13.1. The van der Waals surface area contributed by atoms with Gasteiger partial charge in [-0.1, -0.05) is 30.3 Å². The summed E-state index contributed by atoms with van der Waals surface area (Å²) in [6.07, 6.45) is 0. The van der Waals surface area contributed by atoms with Crippen LogP contribution in [0.1, 0.15) is 18.5 Å². The summed E-state index contributed by atoms with van der Waals surface area (Å²) in [6, 6.07) is 17.0. The molecule has 0 aromatic heterocycles. The van der Waals surface area contributed by atoms with E-state index in [1.54, 1.807) is 12.1 Å². The summed E-state index contributed by atoms with van der Waals surface area (Å²) in [4.78, 5) is 4.27. The van der Waals surface area contributed by atoms with Crippen LogP contribution in [0.2, 0.25) is 0 Å². The van der Waals surface area contributed by atoms with Crippen molar-refractivity contribution in [3.05, 3.63) is 66.0 Å². The van der Waals surface area contributed by atoms with E-state index in [4.69, 9.17) is 12.2 Å². The standard InChI is InChI=1S/C17H18FN3S/c1-13(14-5-3-2-4-6-14)20-11-19-17(22)21(12-20)16-9-7-15(18)8-10-16/h2-10,13H,11-12H2,1H3,(H,19,22). The molecule has 0 radical (unpaired) electrons. The van der Waals surface area contributed by atoms with Gasteiger partial charge in [0.1, 0.15) is 5.82 Å². The highest BCUT2D eigenvalue weighted by Crippen LogP contribution is 2.24. The Kier molecular flexibility index (Phi) is 4.36. The number of rotatable bonds is 3. The molecule has 0 aliphatic carbocycles. The molecule has 3 nitrogen and oxygen atoms in total. The third kappa shape index (κ3) is 3.10. The quantitative estimate of drug-likeness (QED) is 0.874. The number of benzene rings is 2. The first kappa shape index (κ1) is 14.9. The van der Waals surface area contributed by atoms with Crippen molar-refractivity contribution in [2.24, 2.45) is 0 Å². The van der Waals surface area contributed by atoms with E-state index in [-0.39, 0.29) is 11.9 Å². The van der Waals surface area contributed by atoms with Crippen LogP contribution in [0.5, 0.6) is 0 Å². The van der Waals surface area contributed by atoms with Crippen LogP contribution >= 0.6 is 12.2 Å².